The number of benzene rings is 1. The summed E-state index contributed by atoms with van der Waals surface area (Å²) >= 11 is 0. The highest BCUT2D eigenvalue weighted by Gasteiger charge is 2.25. The fourth-order valence-corrected chi connectivity index (χ4v) is 3.15. The molecule has 28 heavy (non-hydrogen) atoms. The van der Waals surface area contributed by atoms with Crippen LogP contribution >= 0.6 is 24.0 Å². The van der Waals surface area contributed by atoms with E-state index in [-0.39, 0.29) is 35.9 Å². The van der Waals surface area contributed by atoms with E-state index in [9.17, 15) is 4.79 Å². The van der Waals surface area contributed by atoms with E-state index in [1.807, 2.05) is 25.1 Å². The van der Waals surface area contributed by atoms with Gasteiger partial charge in [-0.05, 0) is 25.3 Å². The predicted octanol–water partition coefficient (Wildman–Crippen LogP) is 3.02. The minimum absolute atomic E-state index is 0. The van der Waals surface area contributed by atoms with Crippen LogP contribution in [0, 0.1) is 5.92 Å². The van der Waals surface area contributed by atoms with E-state index in [1.165, 1.54) is 5.56 Å². The topological polar surface area (TPSA) is 66.0 Å². The lowest BCUT2D eigenvalue weighted by molar-refractivity contribution is -0.121. The Morgan fingerprint density at radius 1 is 1.36 bits per heavy atom. The van der Waals surface area contributed by atoms with Gasteiger partial charge in [0.2, 0.25) is 5.91 Å². The van der Waals surface area contributed by atoms with Crippen molar-refractivity contribution in [1.82, 2.24) is 15.5 Å². The third-order valence-electron chi connectivity index (χ3n) is 4.92. The Kier molecular flexibility index (Phi) is 12.1. The molecule has 7 heteroatoms. The van der Waals surface area contributed by atoms with Crippen molar-refractivity contribution in [2.45, 2.75) is 45.8 Å². The molecule has 1 saturated heterocycles. The molecule has 0 aliphatic carbocycles. The van der Waals surface area contributed by atoms with E-state index < -0.39 is 0 Å². The zero-order valence-corrected chi connectivity index (χ0v) is 19.6. The van der Waals surface area contributed by atoms with Gasteiger partial charge in [-0.15, -0.1) is 24.0 Å². The fraction of sp³-hybridized carbons (Fsp3) is 0.619. The number of likely N-dealkylation sites (tertiary alicyclic amines) is 1. The number of hydrogen-bond donors (Lipinski definition) is 2. The molecule has 2 N–H and O–H groups in total. The van der Waals surface area contributed by atoms with Crippen LogP contribution in [0.2, 0.25) is 0 Å². The first-order valence-electron chi connectivity index (χ1n) is 9.99. The Hall–Kier alpha value is -1.35. The Balaban J connectivity index is 0.00000392. The second-order valence-electron chi connectivity index (χ2n) is 7.20. The minimum Gasteiger partial charge on any atom is -0.376 e. The first-order chi connectivity index (χ1) is 13.1. The van der Waals surface area contributed by atoms with Gasteiger partial charge in [0.25, 0.3) is 0 Å². The van der Waals surface area contributed by atoms with Gasteiger partial charge in [-0.2, -0.15) is 0 Å². The van der Waals surface area contributed by atoms with Crippen LogP contribution in [0.1, 0.15) is 38.7 Å². The van der Waals surface area contributed by atoms with E-state index in [1.54, 1.807) is 7.05 Å². The van der Waals surface area contributed by atoms with Crippen LogP contribution < -0.4 is 10.6 Å². The molecule has 6 nitrogen and oxygen atoms in total. The number of nitrogens with one attached hydrogen (secondary N) is 2. The third-order valence-corrected chi connectivity index (χ3v) is 4.92. The summed E-state index contributed by atoms with van der Waals surface area (Å²) in [6.07, 6.45) is 2.51. The maximum absolute atomic E-state index is 11.9. The van der Waals surface area contributed by atoms with Crippen molar-refractivity contribution in [2.24, 2.45) is 10.9 Å². The molecule has 0 aromatic heterocycles. The summed E-state index contributed by atoms with van der Waals surface area (Å²) in [5, 5.41) is 6.30. The van der Waals surface area contributed by atoms with Gasteiger partial charge in [-0.1, -0.05) is 37.3 Å². The Bertz CT molecular complexity index is 597. The number of rotatable bonds is 9. The van der Waals surface area contributed by atoms with Gasteiger partial charge in [0.15, 0.2) is 5.96 Å². The Morgan fingerprint density at radius 3 is 2.79 bits per heavy atom. The highest BCUT2D eigenvalue weighted by atomic mass is 127. The Labute approximate surface area is 186 Å². The van der Waals surface area contributed by atoms with E-state index in [2.05, 4.69) is 39.6 Å². The second-order valence-corrected chi connectivity index (χ2v) is 7.20. The molecule has 0 bridgehead atoms. The van der Waals surface area contributed by atoms with Crippen molar-refractivity contribution >= 4 is 35.8 Å². The lowest BCUT2D eigenvalue weighted by atomic mass is 10.1. The first-order valence-corrected chi connectivity index (χ1v) is 9.99. The SMILES string of the molecule is CCC(C)NC(=O)CCNC(=NC)N1CCC(COCc2ccccc2)C1.I. The van der Waals surface area contributed by atoms with Crippen molar-refractivity contribution in [3.05, 3.63) is 35.9 Å². The maximum Gasteiger partial charge on any atom is 0.221 e. The van der Waals surface area contributed by atoms with Gasteiger partial charge in [-0.3, -0.25) is 9.79 Å². The van der Waals surface area contributed by atoms with Gasteiger partial charge in [0, 0.05) is 45.1 Å². The highest BCUT2D eigenvalue weighted by molar-refractivity contribution is 14.0. The molecule has 1 aliphatic rings. The lowest BCUT2D eigenvalue weighted by Crippen LogP contribution is -2.42. The average Bonchev–Trinajstić information content (AvgIpc) is 3.14. The number of nitrogens with zero attached hydrogens (tertiary/aromatic N) is 2. The smallest absolute Gasteiger partial charge is 0.221 e. The molecular formula is C21H35IN4O2. The van der Waals surface area contributed by atoms with Crippen LogP contribution in [0.5, 0.6) is 0 Å². The monoisotopic (exact) mass is 502 g/mol. The molecule has 1 aromatic rings. The van der Waals surface area contributed by atoms with Crippen LogP contribution in [0.4, 0.5) is 0 Å². The average molecular weight is 502 g/mol. The summed E-state index contributed by atoms with van der Waals surface area (Å²) in [6, 6.07) is 10.5. The van der Waals surface area contributed by atoms with E-state index in [0.29, 0.717) is 25.5 Å². The first kappa shape index (κ1) is 24.7. The number of carbonyl (C=O) groups excluding carboxylic acids is 1. The third kappa shape index (κ3) is 8.77. The number of guanidine groups is 1. The highest BCUT2D eigenvalue weighted by Crippen LogP contribution is 2.17. The molecule has 2 atom stereocenters. The van der Waals surface area contributed by atoms with Gasteiger partial charge in [-0.25, -0.2) is 0 Å². The van der Waals surface area contributed by atoms with Crippen LogP contribution in [-0.4, -0.2) is 56.1 Å². The van der Waals surface area contributed by atoms with E-state index >= 15 is 0 Å². The molecule has 2 rings (SSSR count). The van der Waals surface area contributed by atoms with Gasteiger partial charge >= 0.3 is 0 Å². The standard InChI is InChI=1S/C21H34N4O2.HI/c1-4-17(2)24-20(26)10-12-23-21(22-3)25-13-11-19(14-25)16-27-15-18-8-6-5-7-9-18;/h5-9,17,19H,4,10-16H2,1-3H3,(H,22,23)(H,24,26);1H. The number of halogens is 1. The molecule has 0 spiro atoms. The molecule has 158 valence electrons. The van der Waals surface area contributed by atoms with Crippen LogP contribution in [0.15, 0.2) is 35.3 Å². The Morgan fingerprint density at radius 2 is 2.11 bits per heavy atom. The van der Waals surface area contributed by atoms with Crippen molar-refractivity contribution in [3.8, 4) is 0 Å². The number of hydrogen-bond acceptors (Lipinski definition) is 3. The number of amides is 1. The largest absolute Gasteiger partial charge is 0.376 e. The van der Waals surface area contributed by atoms with Crippen molar-refractivity contribution < 1.29 is 9.53 Å². The summed E-state index contributed by atoms with van der Waals surface area (Å²) in [7, 11) is 1.79. The van der Waals surface area contributed by atoms with Gasteiger partial charge < -0.3 is 20.3 Å². The summed E-state index contributed by atoms with van der Waals surface area (Å²) < 4.78 is 5.89. The zero-order chi connectivity index (χ0) is 19.5. The van der Waals surface area contributed by atoms with Crippen LogP contribution in [0.3, 0.4) is 0 Å². The van der Waals surface area contributed by atoms with E-state index in [4.69, 9.17) is 4.74 Å². The molecule has 0 radical (unpaired) electrons. The van der Waals surface area contributed by atoms with Gasteiger partial charge in [0.05, 0.1) is 13.2 Å². The quantitative estimate of drug-likeness (QED) is 0.310. The predicted molar refractivity (Wildman–Crippen MR) is 125 cm³/mol. The van der Waals surface area contributed by atoms with Gasteiger partial charge in [0.1, 0.15) is 0 Å². The molecule has 0 saturated carbocycles. The maximum atomic E-state index is 11.9. The summed E-state index contributed by atoms with van der Waals surface area (Å²) in [5.74, 6) is 1.47. The molecule has 1 heterocycles. The normalized spacial score (nSPS) is 17.8. The number of carbonyl (C=O) groups is 1. The van der Waals surface area contributed by atoms with Crippen LogP contribution in [-0.2, 0) is 16.1 Å². The van der Waals surface area contributed by atoms with Crippen LogP contribution in [0.25, 0.3) is 0 Å². The second kappa shape index (κ2) is 13.8. The molecule has 1 aromatic carbocycles. The number of aliphatic imine (C=N–C) groups is 1. The summed E-state index contributed by atoms with van der Waals surface area (Å²) in [6.45, 7) is 8.02. The van der Waals surface area contributed by atoms with Crippen molar-refractivity contribution in [1.29, 1.82) is 0 Å². The fourth-order valence-electron chi connectivity index (χ4n) is 3.15. The number of ether oxygens (including phenoxy) is 1. The summed E-state index contributed by atoms with van der Waals surface area (Å²) in [5.41, 5.74) is 1.21. The summed E-state index contributed by atoms with van der Waals surface area (Å²) in [4.78, 5) is 18.5. The van der Waals surface area contributed by atoms with Crippen molar-refractivity contribution in [2.75, 3.05) is 33.3 Å². The molecule has 1 fully saturated rings. The molecule has 1 aliphatic heterocycles. The van der Waals surface area contributed by atoms with Crippen molar-refractivity contribution in [3.63, 3.8) is 0 Å². The lowest BCUT2D eigenvalue weighted by Gasteiger charge is -2.22. The molecule has 2 unspecified atom stereocenters. The zero-order valence-electron chi connectivity index (χ0n) is 17.3. The minimum atomic E-state index is 0. The molecule has 1 amide bonds. The van der Waals surface area contributed by atoms with E-state index in [0.717, 1.165) is 38.5 Å². The molecular weight excluding hydrogens is 467 g/mol.